The maximum atomic E-state index is 15.4. The molecule has 0 saturated heterocycles. The normalized spacial score (nSPS) is 13.2. The average Bonchev–Trinajstić information content (AvgIpc) is 0.899. The Balaban J connectivity index is 2.10. The Morgan fingerprint density at radius 3 is 0.918 bits per heavy atom. The number of carboxylic acids is 2. The predicted octanol–water partition coefficient (Wildman–Crippen LogP) is 1.47. The molecule has 0 aliphatic heterocycles. The van der Waals surface area contributed by atoms with Crippen LogP contribution in [0.4, 0.5) is 0 Å². The first-order valence-electron chi connectivity index (χ1n) is 31.7. The Labute approximate surface area is 572 Å². The maximum absolute atomic E-state index is 15.4. The smallest absolute Gasteiger partial charge is 0.323 e. The van der Waals surface area contributed by atoms with Crippen LogP contribution < -0.4 is 11.1 Å². The number of primary amides is 1. The van der Waals surface area contributed by atoms with Crippen LogP contribution in [-0.4, -0.2) is 301 Å². The first-order valence-corrected chi connectivity index (χ1v) is 33.1. The number of rotatable bonds is 45. The number of nitrogens with one attached hydrogen (secondary N) is 1. The molecule has 0 aliphatic rings. The summed E-state index contributed by atoms with van der Waals surface area (Å²) in [6, 6.07) is 21.2. The molecule has 3 rings (SSSR count). The summed E-state index contributed by atoms with van der Waals surface area (Å²) in [6.45, 7) is 2.66. The molecule has 0 saturated carbocycles. The molecular weight excluding hydrogens is 1280 g/mol. The van der Waals surface area contributed by atoms with E-state index in [1.807, 2.05) is 43.5 Å². The number of thioether (sulfide) groups is 1. The number of carbonyl (C=O) groups excluding carboxylic acids is 10. The van der Waals surface area contributed by atoms with Gasteiger partial charge in [0.2, 0.25) is 59.1 Å². The van der Waals surface area contributed by atoms with Crippen LogP contribution in [0.2, 0.25) is 0 Å². The van der Waals surface area contributed by atoms with E-state index in [0.29, 0.717) is 27.5 Å². The maximum Gasteiger partial charge on any atom is 0.323 e. The number of methoxy groups -OCH3 is 4. The number of carbonyl (C=O) groups is 12. The van der Waals surface area contributed by atoms with Gasteiger partial charge in [-0.05, 0) is 71.4 Å². The zero-order valence-electron chi connectivity index (χ0n) is 57.9. The predicted molar refractivity (Wildman–Crippen MR) is 361 cm³/mol. The molecule has 97 heavy (non-hydrogen) atoms. The number of nitrogens with zero attached hydrogens (tertiary/aromatic N) is 9. The van der Waals surface area contributed by atoms with Gasteiger partial charge < -0.3 is 84.3 Å². The minimum absolute atomic E-state index is 0.0628. The van der Waals surface area contributed by atoms with Crippen molar-refractivity contribution in [3.8, 4) is 0 Å². The lowest BCUT2D eigenvalue weighted by Crippen LogP contribution is -2.57. The Morgan fingerprint density at radius 2 is 0.639 bits per heavy atom. The standard InChI is InChI=1S/C67H99N11O18S/c1-46(42-93-8)72(33-58(81)70(31-56(68)79)40-66(89)90)61(84)36-75(49(4)45-96-11)62(85)35-74(48(3)44-95-10)60(83)32-71(41-67(91)92)59(82)34-73(47(2)43-94-9)63(86)37-77(51(6)54-24-18-14-19-25-54)65(88)39-78(52(7)55-26-20-15-21-27-55)64(87)38-76(57(80)30-69-28-29-97-12)50(5)53-22-16-13-17-23-53/h13-27,46-52,69H,28-45H2,1-12H3,(H2,68,79)(H,89,90)(H,91,92). The topological polar surface area (TPSA) is 349 Å². The summed E-state index contributed by atoms with van der Waals surface area (Å²) in [5, 5.41) is 22.9. The fraction of sp³-hybridized carbons (Fsp3) is 0.552. The first-order chi connectivity index (χ1) is 46.0. The Kier molecular flexibility index (Phi) is 36.6. The van der Waals surface area contributed by atoms with Gasteiger partial charge in [0.15, 0.2) is 0 Å². The highest BCUT2D eigenvalue weighted by Crippen LogP contribution is 2.27. The molecule has 3 aromatic carbocycles. The van der Waals surface area contributed by atoms with Crippen molar-refractivity contribution < 1.29 is 86.7 Å². The lowest BCUT2D eigenvalue weighted by Gasteiger charge is -2.38. The molecule has 29 nitrogen and oxygen atoms in total. The number of hydrogen-bond acceptors (Lipinski definition) is 18. The molecule has 7 unspecified atom stereocenters. The van der Waals surface area contributed by atoms with Gasteiger partial charge >= 0.3 is 11.9 Å². The second-order valence-corrected chi connectivity index (χ2v) is 24.5. The molecule has 0 aliphatic carbocycles. The van der Waals surface area contributed by atoms with Crippen LogP contribution in [0.3, 0.4) is 0 Å². The van der Waals surface area contributed by atoms with E-state index in [0.717, 1.165) is 30.9 Å². The Morgan fingerprint density at radius 1 is 0.381 bits per heavy atom. The minimum atomic E-state index is -1.55. The molecule has 3 aromatic rings. The molecule has 30 heteroatoms. The summed E-state index contributed by atoms with van der Waals surface area (Å²) in [5.41, 5.74) is 7.33. The number of benzene rings is 3. The summed E-state index contributed by atoms with van der Waals surface area (Å²) in [7, 11) is 5.36. The lowest BCUT2D eigenvalue weighted by molar-refractivity contribution is -0.154. The number of hydrogen-bond donors (Lipinski definition) is 4. The van der Waals surface area contributed by atoms with Crippen LogP contribution in [-0.2, 0) is 76.5 Å². The van der Waals surface area contributed by atoms with E-state index >= 15 is 14.4 Å². The quantitative estimate of drug-likeness (QED) is 0.0582. The number of ether oxygens (including phenoxy) is 4. The van der Waals surface area contributed by atoms with Gasteiger partial charge in [0.05, 0.1) is 81.8 Å². The molecule has 0 bridgehead atoms. The van der Waals surface area contributed by atoms with Crippen LogP contribution in [0.25, 0.3) is 0 Å². The molecule has 0 fully saturated rings. The second kappa shape index (κ2) is 42.9. The fourth-order valence-corrected chi connectivity index (χ4v) is 11.1. The summed E-state index contributed by atoms with van der Waals surface area (Å²) >= 11 is 1.61. The largest absolute Gasteiger partial charge is 0.480 e. The molecule has 5 N–H and O–H groups in total. The van der Waals surface area contributed by atoms with Gasteiger partial charge in [0.1, 0.15) is 65.4 Å². The number of amides is 10. The van der Waals surface area contributed by atoms with E-state index in [2.05, 4.69) is 5.32 Å². The van der Waals surface area contributed by atoms with Gasteiger partial charge in [-0.2, -0.15) is 11.8 Å². The zero-order valence-corrected chi connectivity index (χ0v) is 58.7. The number of aliphatic carboxylic acids is 2. The Bertz CT molecular complexity index is 3030. The van der Waals surface area contributed by atoms with E-state index in [1.165, 1.54) is 57.0 Å². The van der Waals surface area contributed by atoms with Crippen LogP contribution in [0.1, 0.15) is 83.3 Å². The second-order valence-electron chi connectivity index (χ2n) is 23.6. The van der Waals surface area contributed by atoms with Gasteiger partial charge in [-0.3, -0.25) is 57.5 Å². The third kappa shape index (κ3) is 27.1. The molecule has 0 aromatic heterocycles. The molecule has 0 radical (unpaired) electrons. The summed E-state index contributed by atoms with van der Waals surface area (Å²) in [5.74, 6) is -10.4. The molecular formula is C67H99N11O18S. The van der Waals surface area contributed by atoms with Crippen molar-refractivity contribution in [3.63, 3.8) is 0 Å². The molecule has 7 atom stereocenters. The van der Waals surface area contributed by atoms with Gasteiger partial charge in [0, 0.05) is 40.7 Å². The highest BCUT2D eigenvalue weighted by Gasteiger charge is 2.38. The van der Waals surface area contributed by atoms with Gasteiger partial charge in [0.25, 0.3) is 0 Å². The van der Waals surface area contributed by atoms with Crippen LogP contribution in [0, 0.1) is 0 Å². The Hall–Kier alpha value is -8.55. The van der Waals surface area contributed by atoms with Crippen molar-refractivity contribution in [1.29, 1.82) is 0 Å². The summed E-state index contributed by atoms with van der Waals surface area (Å²) in [6.07, 6.45) is 1.95. The number of carboxylic acid groups (broad SMARTS) is 2. The van der Waals surface area contributed by atoms with Crippen molar-refractivity contribution in [1.82, 2.24) is 49.4 Å². The highest BCUT2D eigenvalue weighted by atomic mass is 32.2. The van der Waals surface area contributed by atoms with Gasteiger partial charge in [-0.15, -0.1) is 0 Å². The third-order valence-electron chi connectivity index (χ3n) is 16.2. The van der Waals surface area contributed by atoms with Crippen molar-refractivity contribution >= 4 is 82.8 Å². The summed E-state index contributed by atoms with van der Waals surface area (Å²) < 4.78 is 21.4. The first kappa shape index (κ1) is 82.7. The van der Waals surface area contributed by atoms with Gasteiger partial charge in [-0.1, -0.05) is 91.0 Å². The zero-order chi connectivity index (χ0) is 72.5. The van der Waals surface area contributed by atoms with Crippen LogP contribution >= 0.6 is 11.8 Å². The fourth-order valence-electron chi connectivity index (χ4n) is 10.7. The highest BCUT2D eigenvalue weighted by molar-refractivity contribution is 7.98. The molecule has 10 amide bonds. The van der Waals surface area contributed by atoms with E-state index in [9.17, 15) is 53.4 Å². The molecule has 536 valence electrons. The van der Waals surface area contributed by atoms with Crippen molar-refractivity contribution in [2.75, 3.05) is 152 Å². The third-order valence-corrected chi connectivity index (χ3v) is 16.8. The van der Waals surface area contributed by atoms with Crippen LogP contribution in [0.5, 0.6) is 0 Å². The van der Waals surface area contributed by atoms with Crippen LogP contribution in [0.15, 0.2) is 91.0 Å². The van der Waals surface area contributed by atoms with E-state index in [-0.39, 0.29) is 38.9 Å². The van der Waals surface area contributed by atoms with Crippen molar-refractivity contribution in [2.24, 2.45) is 5.73 Å². The SMILES string of the molecule is COCC(C)N(CC(=O)N(CC(N)=O)CC(=O)O)C(=O)CN(C(=O)CN(C(=O)CN(CC(=O)O)C(=O)CN(C(=O)CN(C(=O)CN(C(=O)CN(C(=O)CNCCSC)C(C)c1ccccc1)C(C)c1ccccc1)C(C)c1ccccc1)C(C)COC)C(C)COC)C(C)COC. The summed E-state index contributed by atoms with van der Waals surface area (Å²) in [4.78, 5) is 178. The van der Waals surface area contributed by atoms with E-state index < -0.39 is 179 Å². The lowest BCUT2D eigenvalue weighted by atomic mass is 10.0. The van der Waals surface area contributed by atoms with Gasteiger partial charge in [-0.25, -0.2) is 0 Å². The average molecular weight is 1380 g/mol. The molecule has 0 spiro atoms. The van der Waals surface area contributed by atoms with E-state index in [4.69, 9.17) is 24.7 Å². The van der Waals surface area contributed by atoms with Crippen molar-refractivity contribution in [3.05, 3.63) is 108 Å². The van der Waals surface area contributed by atoms with E-state index in [1.54, 1.807) is 100 Å². The molecule has 0 heterocycles. The minimum Gasteiger partial charge on any atom is -0.480 e. The number of nitrogens with two attached hydrogens (primary N) is 1. The van der Waals surface area contributed by atoms with Crippen molar-refractivity contribution in [2.45, 2.75) is 90.8 Å². The monoisotopic (exact) mass is 1380 g/mol.